The van der Waals surface area contributed by atoms with Crippen molar-refractivity contribution in [1.29, 1.82) is 0 Å². The number of ether oxygens (including phenoxy) is 1. The Balaban J connectivity index is 1.92. The summed E-state index contributed by atoms with van der Waals surface area (Å²) in [5.74, 6) is 5.93. The maximum Gasteiger partial charge on any atom is 0.252 e. The number of amides is 1. The van der Waals surface area contributed by atoms with Crippen LogP contribution < -0.4 is 5.32 Å². The molecule has 1 fully saturated rings. The van der Waals surface area contributed by atoms with E-state index >= 15 is 0 Å². The number of hydrogen-bond acceptors (Lipinski definition) is 4. The molecule has 5 heteroatoms. The number of hydrogen-bond donors (Lipinski definition) is 2. The lowest BCUT2D eigenvalue weighted by molar-refractivity contribution is 0.0944. The molecule has 5 nitrogen and oxygen atoms in total. The summed E-state index contributed by atoms with van der Waals surface area (Å²) in [7, 11) is 0. The maximum atomic E-state index is 12.0. The van der Waals surface area contributed by atoms with E-state index in [0.29, 0.717) is 36.6 Å². The van der Waals surface area contributed by atoms with Crippen LogP contribution in [0.5, 0.6) is 0 Å². The molecule has 106 valence electrons. The number of carbonyl (C=O) groups is 1. The topological polar surface area (TPSA) is 71.5 Å². The number of nitrogens with one attached hydrogen (secondary N) is 1. The molecular formula is C15H18N2O3. The van der Waals surface area contributed by atoms with E-state index in [9.17, 15) is 4.79 Å². The third kappa shape index (κ3) is 4.34. The first-order valence-electron chi connectivity index (χ1n) is 6.70. The molecule has 2 N–H and O–H groups in total. The van der Waals surface area contributed by atoms with Crippen molar-refractivity contribution in [1.82, 2.24) is 10.3 Å². The van der Waals surface area contributed by atoms with Crippen LogP contribution in [0.3, 0.4) is 0 Å². The summed E-state index contributed by atoms with van der Waals surface area (Å²) in [6.45, 7) is 2.15. The van der Waals surface area contributed by atoms with Crippen molar-refractivity contribution < 1.29 is 14.6 Å². The number of nitrogens with zero attached hydrogens (tertiary/aromatic N) is 1. The van der Waals surface area contributed by atoms with Gasteiger partial charge in [0.1, 0.15) is 0 Å². The minimum absolute atomic E-state index is 0.0318. The molecule has 0 bridgehead atoms. The maximum absolute atomic E-state index is 12.0. The molecular weight excluding hydrogens is 256 g/mol. The number of pyridine rings is 1. The number of aliphatic hydroxyl groups excluding tert-OH is 1. The van der Waals surface area contributed by atoms with Crippen molar-refractivity contribution in [2.24, 2.45) is 5.92 Å². The molecule has 1 amide bonds. The SMILES string of the molecule is O=C(NCC1CCOC1)c1cncc(C#CCCO)c1. The third-order valence-corrected chi connectivity index (χ3v) is 3.05. The molecule has 1 aliphatic heterocycles. The van der Waals surface area contributed by atoms with Gasteiger partial charge in [0.25, 0.3) is 5.91 Å². The minimum atomic E-state index is -0.143. The van der Waals surface area contributed by atoms with E-state index in [1.807, 2.05) is 0 Å². The molecule has 2 heterocycles. The monoisotopic (exact) mass is 274 g/mol. The molecule has 0 aromatic carbocycles. The summed E-state index contributed by atoms with van der Waals surface area (Å²) >= 11 is 0. The van der Waals surface area contributed by atoms with Crippen LogP contribution in [0.1, 0.15) is 28.8 Å². The fourth-order valence-electron chi connectivity index (χ4n) is 1.94. The molecule has 2 rings (SSSR count). The smallest absolute Gasteiger partial charge is 0.252 e. The van der Waals surface area contributed by atoms with E-state index in [4.69, 9.17) is 9.84 Å². The zero-order valence-electron chi connectivity index (χ0n) is 11.3. The Hall–Kier alpha value is -1.90. The first-order valence-corrected chi connectivity index (χ1v) is 6.70. The normalized spacial score (nSPS) is 17.4. The summed E-state index contributed by atoms with van der Waals surface area (Å²) in [5, 5.41) is 11.6. The lowest BCUT2D eigenvalue weighted by Crippen LogP contribution is -2.29. The Morgan fingerprint density at radius 2 is 2.45 bits per heavy atom. The second-order valence-electron chi connectivity index (χ2n) is 4.68. The van der Waals surface area contributed by atoms with Crippen LogP contribution >= 0.6 is 0 Å². The van der Waals surface area contributed by atoms with E-state index in [0.717, 1.165) is 13.0 Å². The molecule has 0 spiro atoms. The number of aliphatic hydroxyl groups is 1. The van der Waals surface area contributed by atoms with Crippen molar-refractivity contribution in [2.45, 2.75) is 12.8 Å². The lowest BCUT2D eigenvalue weighted by atomic mass is 10.1. The molecule has 20 heavy (non-hydrogen) atoms. The Morgan fingerprint density at radius 3 is 3.20 bits per heavy atom. The summed E-state index contributed by atoms with van der Waals surface area (Å²) in [6, 6.07) is 1.71. The van der Waals surface area contributed by atoms with Crippen molar-refractivity contribution in [3.63, 3.8) is 0 Å². The summed E-state index contributed by atoms with van der Waals surface area (Å²) in [5.41, 5.74) is 1.18. The van der Waals surface area contributed by atoms with Gasteiger partial charge in [-0.2, -0.15) is 0 Å². The van der Waals surface area contributed by atoms with E-state index in [1.54, 1.807) is 12.3 Å². The van der Waals surface area contributed by atoms with Crippen LogP contribution in [0.15, 0.2) is 18.5 Å². The van der Waals surface area contributed by atoms with Gasteiger partial charge in [-0.1, -0.05) is 11.8 Å². The van der Waals surface area contributed by atoms with Gasteiger partial charge in [0.15, 0.2) is 0 Å². The number of rotatable bonds is 4. The molecule has 1 atom stereocenters. The first kappa shape index (κ1) is 14.5. The summed E-state index contributed by atoms with van der Waals surface area (Å²) < 4.78 is 5.27. The van der Waals surface area contributed by atoms with Gasteiger partial charge in [0.05, 0.1) is 18.8 Å². The fourth-order valence-corrected chi connectivity index (χ4v) is 1.94. The van der Waals surface area contributed by atoms with Crippen molar-refractivity contribution in [2.75, 3.05) is 26.4 Å². The zero-order chi connectivity index (χ0) is 14.2. The van der Waals surface area contributed by atoms with Gasteiger partial charge in [-0.15, -0.1) is 0 Å². The molecule has 1 aliphatic rings. The van der Waals surface area contributed by atoms with Gasteiger partial charge in [-0.3, -0.25) is 9.78 Å². The predicted molar refractivity (Wildman–Crippen MR) is 74.1 cm³/mol. The summed E-state index contributed by atoms with van der Waals surface area (Å²) in [6.07, 6.45) is 4.53. The van der Waals surface area contributed by atoms with Crippen LogP contribution in [-0.2, 0) is 4.74 Å². The molecule has 0 saturated carbocycles. The van der Waals surface area contributed by atoms with E-state index < -0.39 is 0 Å². The first-order chi connectivity index (χ1) is 9.79. The molecule has 1 saturated heterocycles. The molecule has 1 aromatic heterocycles. The third-order valence-electron chi connectivity index (χ3n) is 3.05. The van der Waals surface area contributed by atoms with Gasteiger partial charge < -0.3 is 15.2 Å². The van der Waals surface area contributed by atoms with Gasteiger partial charge >= 0.3 is 0 Å². The Bertz CT molecular complexity index is 513. The minimum Gasteiger partial charge on any atom is -0.395 e. The van der Waals surface area contributed by atoms with E-state index in [-0.39, 0.29) is 12.5 Å². The largest absolute Gasteiger partial charge is 0.395 e. The lowest BCUT2D eigenvalue weighted by Gasteiger charge is -2.09. The summed E-state index contributed by atoms with van der Waals surface area (Å²) in [4.78, 5) is 16.0. The van der Waals surface area contributed by atoms with Crippen LogP contribution in [0.2, 0.25) is 0 Å². The highest BCUT2D eigenvalue weighted by atomic mass is 16.5. The second kappa shape index (κ2) is 7.63. The quantitative estimate of drug-likeness (QED) is 0.788. The van der Waals surface area contributed by atoms with E-state index in [1.165, 1.54) is 6.20 Å². The van der Waals surface area contributed by atoms with Crippen molar-refractivity contribution >= 4 is 5.91 Å². The van der Waals surface area contributed by atoms with Crippen LogP contribution in [0.25, 0.3) is 0 Å². The van der Waals surface area contributed by atoms with Gasteiger partial charge in [0, 0.05) is 43.4 Å². The average Bonchev–Trinajstić information content (AvgIpc) is 2.99. The van der Waals surface area contributed by atoms with Crippen LogP contribution in [0, 0.1) is 17.8 Å². The highest BCUT2D eigenvalue weighted by molar-refractivity contribution is 5.94. The van der Waals surface area contributed by atoms with Crippen LogP contribution in [-0.4, -0.2) is 42.4 Å². The number of aromatic nitrogens is 1. The second-order valence-corrected chi connectivity index (χ2v) is 4.68. The van der Waals surface area contributed by atoms with Gasteiger partial charge in [0.2, 0.25) is 0 Å². The zero-order valence-corrected chi connectivity index (χ0v) is 11.3. The van der Waals surface area contributed by atoms with Gasteiger partial charge in [-0.05, 0) is 12.5 Å². The Kier molecular flexibility index (Phi) is 5.54. The Labute approximate surface area is 118 Å². The van der Waals surface area contributed by atoms with E-state index in [2.05, 4.69) is 22.1 Å². The molecule has 1 aromatic rings. The Morgan fingerprint density at radius 1 is 1.55 bits per heavy atom. The number of carbonyl (C=O) groups excluding carboxylic acids is 1. The fraction of sp³-hybridized carbons (Fsp3) is 0.467. The highest BCUT2D eigenvalue weighted by Gasteiger charge is 2.16. The predicted octanol–water partition coefficient (Wildman–Crippen LogP) is 0.582. The highest BCUT2D eigenvalue weighted by Crippen LogP contribution is 2.11. The average molecular weight is 274 g/mol. The molecule has 0 aliphatic carbocycles. The van der Waals surface area contributed by atoms with Gasteiger partial charge in [-0.25, -0.2) is 0 Å². The standard InChI is InChI=1S/C15H18N2O3/c18-5-2-1-3-12-7-14(10-16-8-12)15(19)17-9-13-4-6-20-11-13/h7-8,10,13,18H,2,4-6,9,11H2,(H,17,19). The van der Waals surface area contributed by atoms with Crippen molar-refractivity contribution in [3.8, 4) is 11.8 Å². The van der Waals surface area contributed by atoms with Crippen molar-refractivity contribution in [3.05, 3.63) is 29.6 Å². The molecule has 0 radical (unpaired) electrons. The molecule has 1 unspecified atom stereocenters. The van der Waals surface area contributed by atoms with Crippen LogP contribution in [0.4, 0.5) is 0 Å².